The standard InChI is InChI=1S/C16H29NO2/c1-4-7-16(14(18)19)9-10-17(12-16)13-6-5-8-15(2,3)11-13/h13H,4-12H2,1-3H3,(H,18,19). The van der Waals surface area contributed by atoms with Gasteiger partial charge in [0.15, 0.2) is 0 Å². The molecule has 1 saturated heterocycles. The summed E-state index contributed by atoms with van der Waals surface area (Å²) in [6.45, 7) is 8.55. The van der Waals surface area contributed by atoms with E-state index in [4.69, 9.17) is 0 Å². The van der Waals surface area contributed by atoms with Crippen molar-refractivity contribution in [3.8, 4) is 0 Å². The molecular weight excluding hydrogens is 238 g/mol. The fourth-order valence-corrected chi connectivity index (χ4v) is 4.15. The van der Waals surface area contributed by atoms with Crippen LogP contribution in [0.15, 0.2) is 0 Å². The fourth-order valence-electron chi connectivity index (χ4n) is 4.15. The monoisotopic (exact) mass is 267 g/mol. The summed E-state index contributed by atoms with van der Waals surface area (Å²) in [6.07, 6.45) is 7.73. The molecule has 0 aromatic heterocycles. The summed E-state index contributed by atoms with van der Waals surface area (Å²) in [5, 5.41) is 9.59. The van der Waals surface area contributed by atoms with Crippen LogP contribution in [0.1, 0.15) is 65.7 Å². The largest absolute Gasteiger partial charge is 0.481 e. The second kappa shape index (κ2) is 5.43. The first kappa shape index (κ1) is 14.8. The van der Waals surface area contributed by atoms with E-state index in [0.717, 1.165) is 32.4 Å². The van der Waals surface area contributed by atoms with E-state index in [2.05, 4.69) is 25.7 Å². The van der Waals surface area contributed by atoms with Crippen LogP contribution in [0.5, 0.6) is 0 Å². The molecule has 2 atom stereocenters. The zero-order valence-electron chi connectivity index (χ0n) is 12.7. The molecule has 0 radical (unpaired) electrons. The molecule has 0 spiro atoms. The summed E-state index contributed by atoms with van der Waals surface area (Å²) >= 11 is 0. The van der Waals surface area contributed by atoms with Crippen molar-refractivity contribution in [2.75, 3.05) is 13.1 Å². The Labute approximate surface area is 117 Å². The molecule has 1 N–H and O–H groups in total. The van der Waals surface area contributed by atoms with Crippen molar-refractivity contribution in [2.45, 2.75) is 71.8 Å². The maximum atomic E-state index is 11.6. The summed E-state index contributed by atoms with van der Waals surface area (Å²) in [5.41, 5.74) is -0.0293. The topological polar surface area (TPSA) is 40.5 Å². The first-order chi connectivity index (χ1) is 8.88. The summed E-state index contributed by atoms with van der Waals surface area (Å²) in [5.74, 6) is -0.577. The third kappa shape index (κ3) is 3.13. The molecular formula is C16H29NO2. The maximum absolute atomic E-state index is 11.6. The number of nitrogens with zero attached hydrogens (tertiary/aromatic N) is 1. The molecule has 2 unspecified atom stereocenters. The molecule has 2 rings (SSSR count). The van der Waals surface area contributed by atoms with Gasteiger partial charge in [-0.1, -0.05) is 33.6 Å². The molecule has 1 saturated carbocycles. The van der Waals surface area contributed by atoms with Crippen molar-refractivity contribution in [3.63, 3.8) is 0 Å². The first-order valence-electron chi connectivity index (χ1n) is 7.86. The summed E-state index contributed by atoms with van der Waals surface area (Å²) < 4.78 is 0. The van der Waals surface area contributed by atoms with Gasteiger partial charge in [0.1, 0.15) is 0 Å². The molecule has 0 amide bonds. The number of carboxylic acids is 1. The normalized spacial score (nSPS) is 35.4. The van der Waals surface area contributed by atoms with E-state index < -0.39 is 11.4 Å². The van der Waals surface area contributed by atoms with Gasteiger partial charge in [-0.15, -0.1) is 0 Å². The molecule has 110 valence electrons. The molecule has 19 heavy (non-hydrogen) atoms. The lowest BCUT2D eigenvalue weighted by atomic mass is 9.74. The predicted octanol–water partition coefficient (Wildman–Crippen LogP) is 3.53. The van der Waals surface area contributed by atoms with E-state index in [1.165, 1.54) is 25.7 Å². The van der Waals surface area contributed by atoms with Crippen LogP contribution in [0.4, 0.5) is 0 Å². The number of carbonyl (C=O) groups is 1. The summed E-state index contributed by atoms with van der Waals surface area (Å²) in [7, 11) is 0. The number of carboxylic acid groups (broad SMARTS) is 1. The van der Waals surface area contributed by atoms with Crippen LogP contribution in [0.3, 0.4) is 0 Å². The molecule has 0 aromatic rings. The zero-order valence-corrected chi connectivity index (χ0v) is 12.7. The molecule has 2 fully saturated rings. The lowest BCUT2D eigenvalue weighted by Crippen LogP contribution is -2.42. The Morgan fingerprint density at radius 1 is 1.37 bits per heavy atom. The lowest BCUT2D eigenvalue weighted by molar-refractivity contribution is -0.148. The maximum Gasteiger partial charge on any atom is 0.310 e. The molecule has 0 bridgehead atoms. The Kier molecular flexibility index (Phi) is 4.24. The molecule has 2 aliphatic rings. The average molecular weight is 267 g/mol. The molecule has 1 aliphatic carbocycles. The highest BCUT2D eigenvalue weighted by molar-refractivity contribution is 5.75. The van der Waals surface area contributed by atoms with E-state index in [9.17, 15) is 9.90 Å². The third-order valence-corrected chi connectivity index (χ3v) is 5.26. The van der Waals surface area contributed by atoms with E-state index in [1.807, 2.05) is 0 Å². The van der Waals surface area contributed by atoms with Crippen LogP contribution in [-0.2, 0) is 4.79 Å². The van der Waals surface area contributed by atoms with Crippen LogP contribution in [0.2, 0.25) is 0 Å². The third-order valence-electron chi connectivity index (χ3n) is 5.26. The number of hydrogen-bond donors (Lipinski definition) is 1. The smallest absolute Gasteiger partial charge is 0.310 e. The van der Waals surface area contributed by atoms with Crippen LogP contribution in [0.25, 0.3) is 0 Å². The van der Waals surface area contributed by atoms with Gasteiger partial charge in [0.25, 0.3) is 0 Å². The number of hydrogen-bond acceptors (Lipinski definition) is 2. The van der Waals surface area contributed by atoms with Gasteiger partial charge in [0, 0.05) is 12.6 Å². The Morgan fingerprint density at radius 2 is 2.11 bits per heavy atom. The quantitative estimate of drug-likeness (QED) is 0.847. The predicted molar refractivity (Wildman–Crippen MR) is 77.2 cm³/mol. The van der Waals surface area contributed by atoms with E-state index in [-0.39, 0.29) is 0 Å². The van der Waals surface area contributed by atoms with Gasteiger partial charge in [0.2, 0.25) is 0 Å². The Bertz CT molecular complexity index is 340. The molecule has 3 heteroatoms. The Balaban J connectivity index is 2.02. The summed E-state index contributed by atoms with van der Waals surface area (Å²) in [6, 6.07) is 0.613. The van der Waals surface area contributed by atoms with Gasteiger partial charge in [0.05, 0.1) is 5.41 Å². The van der Waals surface area contributed by atoms with Crippen LogP contribution in [-0.4, -0.2) is 35.1 Å². The van der Waals surface area contributed by atoms with Gasteiger partial charge in [-0.05, 0) is 44.1 Å². The zero-order chi connectivity index (χ0) is 14.1. The minimum absolute atomic E-state index is 0.433. The Hall–Kier alpha value is -0.570. The van der Waals surface area contributed by atoms with Crippen LogP contribution >= 0.6 is 0 Å². The van der Waals surface area contributed by atoms with Crippen molar-refractivity contribution in [2.24, 2.45) is 10.8 Å². The first-order valence-corrected chi connectivity index (χ1v) is 7.86. The van der Waals surface area contributed by atoms with E-state index in [0.29, 0.717) is 11.5 Å². The van der Waals surface area contributed by atoms with Crippen LogP contribution < -0.4 is 0 Å². The van der Waals surface area contributed by atoms with Gasteiger partial charge < -0.3 is 5.11 Å². The SMILES string of the molecule is CCCC1(C(=O)O)CCN(C2CCCC(C)(C)C2)C1. The van der Waals surface area contributed by atoms with E-state index in [1.54, 1.807) is 0 Å². The van der Waals surface area contributed by atoms with Crippen molar-refractivity contribution < 1.29 is 9.90 Å². The summed E-state index contributed by atoms with van der Waals surface area (Å²) in [4.78, 5) is 14.1. The number of rotatable bonds is 4. The van der Waals surface area contributed by atoms with Crippen molar-refractivity contribution in [1.82, 2.24) is 4.90 Å². The van der Waals surface area contributed by atoms with Crippen molar-refractivity contribution in [3.05, 3.63) is 0 Å². The fraction of sp³-hybridized carbons (Fsp3) is 0.938. The molecule has 1 aliphatic heterocycles. The van der Waals surface area contributed by atoms with Gasteiger partial charge in [-0.3, -0.25) is 9.69 Å². The van der Waals surface area contributed by atoms with Crippen molar-refractivity contribution >= 4 is 5.97 Å². The highest BCUT2D eigenvalue weighted by Gasteiger charge is 2.46. The highest BCUT2D eigenvalue weighted by atomic mass is 16.4. The molecule has 0 aromatic carbocycles. The molecule has 3 nitrogen and oxygen atoms in total. The highest BCUT2D eigenvalue weighted by Crippen LogP contribution is 2.42. The number of likely N-dealkylation sites (tertiary alicyclic amines) is 1. The van der Waals surface area contributed by atoms with Gasteiger partial charge >= 0.3 is 5.97 Å². The second-order valence-corrected chi connectivity index (χ2v) is 7.47. The van der Waals surface area contributed by atoms with Crippen LogP contribution in [0, 0.1) is 10.8 Å². The number of aliphatic carboxylic acids is 1. The van der Waals surface area contributed by atoms with Crippen molar-refractivity contribution in [1.29, 1.82) is 0 Å². The average Bonchev–Trinajstić information content (AvgIpc) is 2.74. The Morgan fingerprint density at radius 3 is 2.68 bits per heavy atom. The lowest BCUT2D eigenvalue weighted by Gasteiger charge is -2.40. The molecule has 1 heterocycles. The minimum Gasteiger partial charge on any atom is -0.481 e. The van der Waals surface area contributed by atoms with Gasteiger partial charge in [-0.25, -0.2) is 0 Å². The van der Waals surface area contributed by atoms with Gasteiger partial charge in [-0.2, -0.15) is 0 Å². The minimum atomic E-state index is -0.577. The second-order valence-electron chi connectivity index (χ2n) is 7.47. The van der Waals surface area contributed by atoms with E-state index >= 15 is 0 Å².